The van der Waals surface area contributed by atoms with Gasteiger partial charge in [0.2, 0.25) is 0 Å². The molecule has 1 aromatic carbocycles. The molecule has 0 aromatic heterocycles. The molecule has 0 atom stereocenters. The first-order valence-corrected chi connectivity index (χ1v) is 7.20. The van der Waals surface area contributed by atoms with Crippen LogP contribution < -0.4 is 4.74 Å². The Balaban J connectivity index is 2.23. The number of rotatable bonds is 3. The molecule has 1 saturated carbocycles. The Morgan fingerprint density at radius 3 is 2.05 bits per heavy atom. The number of methoxy groups -OCH3 is 1. The summed E-state index contributed by atoms with van der Waals surface area (Å²) in [7, 11) is 1.34. The maximum Gasteiger partial charge on any atom is 0.171 e. The number of Topliss-reactive ketones (excluding diaryl/α,β-unsaturated/α-hetero) is 1. The van der Waals surface area contributed by atoms with Crippen LogP contribution in [-0.2, 0) is 0 Å². The van der Waals surface area contributed by atoms with Crippen LogP contribution in [0.4, 0.5) is 8.78 Å². The highest BCUT2D eigenvalue weighted by Crippen LogP contribution is 2.29. The highest BCUT2D eigenvalue weighted by Gasteiger charge is 2.26. The summed E-state index contributed by atoms with van der Waals surface area (Å²) >= 11 is 0. The number of ketones is 1. The van der Waals surface area contributed by atoms with Crippen LogP contribution in [0.15, 0.2) is 12.1 Å². The van der Waals surface area contributed by atoms with Gasteiger partial charge in [0.15, 0.2) is 5.78 Å². The van der Waals surface area contributed by atoms with Crippen molar-refractivity contribution in [3.8, 4) is 5.75 Å². The minimum Gasteiger partial charge on any atom is -0.497 e. The molecule has 0 heterocycles. The Morgan fingerprint density at radius 1 is 1.05 bits per heavy atom. The van der Waals surface area contributed by atoms with Gasteiger partial charge in [-0.15, -0.1) is 0 Å². The van der Waals surface area contributed by atoms with Crippen molar-refractivity contribution >= 4 is 5.78 Å². The maximum atomic E-state index is 13.9. The van der Waals surface area contributed by atoms with Crippen LogP contribution in [-0.4, -0.2) is 12.9 Å². The van der Waals surface area contributed by atoms with Crippen LogP contribution in [0.5, 0.6) is 5.75 Å². The van der Waals surface area contributed by atoms with Crippen LogP contribution in [0.1, 0.15) is 55.3 Å². The molecule has 2 nitrogen and oxygen atoms in total. The van der Waals surface area contributed by atoms with Crippen molar-refractivity contribution in [3.05, 3.63) is 29.3 Å². The van der Waals surface area contributed by atoms with Gasteiger partial charge in [-0.3, -0.25) is 4.79 Å². The molecule has 110 valence electrons. The van der Waals surface area contributed by atoms with Crippen molar-refractivity contribution in [2.24, 2.45) is 5.92 Å². The quantitative estimate of drug-likeness (QED) is 0.762. The van der Waals surface area contributed by atoms with Crippen molar-refractivity contribution in [2.75, 3.05) is 7.11 Å². The maximum absolute atomic E-state index is 13.9. The molecule has 0 unspecified atom stereocenters. The number of hydrogen-bond acceptors (Lipinski definition) is 2. The number of halogens is 2. The molecule has 0 spiro atoms. The lowest BCUT2D eigenvalue weighted by atomic mass is 9.85. The van der Waals surface area contributed by atoms with E-state index in [-0.39, 0.29) is 11.7 Å². The van der Waals surface area contributed by atoms with E-state index in [1.165, 1.54) is 13.5 Å². The molecule has 20 heavy (non-hydrogen) atoms. The van der Waals surface area contributed by atoms with Crippen molar-refractivity contribution < 1.29 is 18.3 Å². The summed E-state index contributed by atoms with van der Waals surface area (Å²) < 4.78 is 32.7. The molecular formula is C16H20F2O2. The normalized spacial score (nSPS) is 17.4. The van der Waals surface area contributed by atoms with E-state index < -0.39 is 23.0 Å². The zero-order valence-electron chi connectivity index (χ0n) is 11.8. The number of benzene rings is 1. The van der Waals surface area contributed by atoms with Gasteiger partial charge in [-0.2, -0.15) is 0 Å². The summed E-state index contributed by atoms with van der Waals surface area (Å²) in [4.78, 5) is 12.4. The Morgan fingerprint density at radius 2 is 1.55 bits per heavy atom. The third-order valence-electron chi connectivity index (χ3n) is 3.97. The fourth-order valence-corrected chi connectivity index (χ4v) is 2.83. The molecule has 0 N–H and O–H groups in total. The average molecular weight is 282 g/mol. The molecule has 0 radical (unpaired) electrons. The second-order valence-corrected chi connectivity index (χ2v) is 5.37. The van der Waals surface area contributed by atoms with Crippen molar-refractivity contribution in [1.29, 1.82) is 0 Å². The molecule has 2 rings (SSSR count). The van der Waals surface area contributed by atoms with Gasteiger partial charge in [0.05, 0.1) is 12.7 Å². The highest BCUT2D eigenvalue weighted by molar-refractivity contribution is 5.98. The fourth-order valence-electron chi connectivity index (χ4n) is 2.83. The first kappa shape index (κ1) is 14.9. The van der Waals surface area contributed by atoms with Crippen LogP contribution in [0, 0.1) is 17.6 Å². The van der Waals surface area contributed by atoms with Gasteiger partial charge >= 0.3 is 0 Å². The Hall–Kier alpha value is -1.45. The number of carbonyl (C=O) groups excluding carboxylic acids is 1. The average Bonchev–Trinajstić information content (AvgIpc) is 2.37. The third-order valence-corrected chi connectivity index (χ3v) is 3.97. The fraction of sp³-hybridized carbons (Fsp3) is 0.562. The van der Waals surface area contributed by atoms with Gasteiger partial charge in [0.25, 0.3) is 0 Å². The Kier molecular flexibility index (Phi) is 5.10. The first-order chi connectivity index (χ1) is 9.63. The molecule has 0 bridgehead atoms. The van der Waals surface area contributed by atoms with Gasteiger partial charge in [0, 0.05) is 18.1 Å². The third kappa shape index (κ3) is 3.35. The van der Waals surface area contributed by atoms with E-state index in [9.17, 15) is 13.6 Å². The van der Waals surface area contributed by atoms with Crippen LogP contribution in [0.3, 0.4) is 0 Å². The second kappa shape index (κ2) is 6.82. The highest BCUT2D eigenvalue weighted by atomic mass is 19.1. The molecule has 0 saturated heterocycles. The summed E-state index contributed by atoms with van der Waals surface area (Å²) in [6.45, 7) is 0. The van der Waals surface area contributed by atoms with Gasteiger partial charge < -0.3 is 4.74 Å². The second-order valence-electron chi connectivity index (χ2n) is 5.37. The zero-order chi connectivity index (χ0) is 14.5. The lowest BCUT2D eigenvalue weighted by Crippen LogP contribution is -2.19. The van der Waals surface area contributed by atoms with E-state index >= 15 is 0 Å². The summed E-state index contributed by atoms with van der Waals surface area (Å²) in [6.07, 6.45) is 6.74. The zero-order valence-corrected chi connectivity index (χ0v) is 11.8. The van der Waals surface area contributed by atoms with Crippen LogP contribution in [0.25, 0.3) is 0 Å². The van der Waals surface area contributed by atoms with E-state index in [0.717, 1.165) is 50.7 Å². The topological polar surface area (TPSA) is 26.3 Å². The van der Waals surface area contributed by atoms with E-state index in [4.69, 9.17) is 4.74 Å². The van der Waals surface area contributed by atoms with Crippen LogP contribution >= 0.6 is 0 Å². The minimum atomic E-state index is -0.825. The van der Waals surface area contributed by atoms with E-state index in [2.05, 4.69) is 0 Å². The number of hydrogen-bond donors (Lipinski definition) is 0. The predicted octanol–water partition coefficient (Wildman–Crippen LogP) is 4.52. The smallest absolute Gasteiger partial charge is 0.171 e. The monoisotopic (exact) mass is 282 g/mol. The van der Waals surface area contributed by atoms with Gasteiger partial charge in [-0.1, -0.05) is 32.1 Å². The van der Waals surface area contributed by atoms with Gasteiger partial charge in [0.1, 0.15) is 17.4 Å². The number of carbonyl (C=O) groups is 1. The molecule has 1 aliphatic rings. The van der Waals surface area contributed by atoms with Crippen LogP contribution in [0.2, 0.25) is 0 Å². The summed E-state index contributed by atoms with van der Waals surface area (Å²) in [5.41, 5.74) is -0.406. The molecule has 0 aliphatic heterocycles. The Labute approximate surface area is 118 Å². The summed E-state index contributed by atoms with van der Waals surface area (Å²) in [5, 5.41) is 0. The molecule has 0 amide bonds. The SMILES string of the molecule is COc1cc(F)c(C(=O)C2CCCCCCC2)c(F)c1. The molecule has 1 fully saturated rings. The summed E-state index contributed by atoms with van der Waals surface area (Å²) in [5.74, 6) is -2.21. The van der Waals surface area contributed by atoms with Gasteiger partial charge in [-0.25, -0.2) is 8.78 Å². The standard InChI is InChI=1S/C16H20F2O2/c1-20-12-9-13(17)15(14(18)10-12)16(19)11-7-5-3-2-4-6-8-11/h9-11H,2-8H2,1H3. The predicted molar refractivity (Wildman–Crippen MR) is 73.0 cm³/mol. The summed E-state index contributed by atoms with van der Waals surface area (Å²) in [6, 6.07) is 2.14. The molecule has 4 heteroatoms. The minimum absolute atomic E-state index is 0.0919. The lowest BCUT2D eigenvalue weighted by molar-refractivity contribution is 0.0889. The van der Waals surface area contributed by atoms with E-state index in [1.807, 2.05) is 0 Å². The lowest BCUT2D eigenvalue weighted by Gasteiger charge is -2.19. The molecular weight excluding hydrogens is 262 g/mol. The van der Waals surface area contributed by atoms with Gasteiger partial charge in [-0.05, 0) is 12.8 Å². The van der Waals surface area contributed by atoms with Crippen molar-refractivity contribution in [3.63, 3.8) is 0 Å². The van der Waals surface area contributed by atoms with Crippen molar-refractivity contribution in [1.82, 2.24) is 0 Å². The van der Waals surface area contributed by atoms with E-state index in [1.54, 1.807) is 0 Å². The first-order valence-electron chi connectivity index (χ1n) is 7.20. The van der Waals surface area contributed by atoms with E-state index in [0.29, 0.717) is 0 Å². The van der Waals surface area contributed by atoms with Crippen molar-refractivity contribution in [2.45, 2.75) is 44.9 Å². The molecule has 1 aliphatic carbocycles. The largest absolute Gasteiger partial charge is 0.497 e. The molecule has 1 aromatic rings. The number of ether oxygens (including phenoxy) is 1. The Bertz CT molecular complexity index is 454.